The first-order valence-electron chi connectivity index (χ1n) is 9.81. The molecule has 3 rings (SSSR count). The maximum atomic E-state index is 12.4. The largest absolute Gasteiger partial charge is 0.493 e. The van der Waals surface area contributed by atoms with Crippen LogP contribution in [0.2, 0.25) is 0 Å². The van der Waals surface area contributed by atoms with E-state index in [0.717, 1.165) is 5.56 Å². The van der Waals surface area contributed by atoms with Crippen LogP contribution in [0.1, 0.15) is 42.2 Å². The van der Waals surface area contributed by atoms with E-state index in [1.807, 2.05) is 32.0 Å². The molecule has 1 atom stereocenters. The van der Waals surface area contributed by atoms with E-state index >= 15 is 0 Å². The summed E-state index contributed by atoms with van der Waals surface area (Å²) < 4.78 is 16.6. The van der Waals surface area contributed by atoms with Crippen LogP contribution in [-0.4, -0.2) is 38.2 Å². The van der Waals surface area contributed by atoms with Gasteiger partial charge in [-0.1, -0.05) is 25.1 Å². The van der Waals surface area contributed by atoms with E-state index in [4.69, 9.17) is 14.2 Å². The molecule has 0 saturated heterocycles. The standard InChI is InChI=1S/C22H26N2O5/c1-3-17(15-9-10-19-20(13-15)29-12-11-28-19)24-21(25)14-23-22(26)16-7-5-6-8-18(16)27-4-2/h5-10,13,17H,3-4,11-12,14H2,1-2H3,(H,23,26)(H,24,25)/t17-/m1/s1. The van der Waals surface area contributed by atoms with E-state index in [-0.39, 0.29) is 24.4 Å². The fraction of sp³-hybridized carbons (Fsp3) is 0.364. The van der Waals surface area contributed by atoms with Crippen molar-refractivity contribution >= 4 is 11.8 Å². The fourth-order valence-corrected chi connectivity index (χ4v) is 3.13. The van der Waals surface area contributed by atoms with E-state index in [2.05, 4.69) is 10.6 Å². The number of amides is 2. The van der Waals surface area contributed by atoms with Gasteiger partial charge in [0.1, 0.15) is 19.0 Å². The zero-order valence-electron chi connectivity index (χ0n) is 16.7. The lowest BCUT2D eigenvalue weighted by Gasteiger charge is -2.22. The van der Waals surface area contributed by atoms with Gasteiger partial charge in [-0.25, -0.2) is 0 Å². The number of benzene rings is 2. The van der Waals surface area contributed by atoms with Crippen LogP contribution in [0.5, 0.6) is 17.2 Å². The maximum absolute atomic E-state index is 12.4. The van der Waals surface area contributed by atoms with Crippen molar-refractivity contribution in [3.05, 3.63) is 53.6 Å². The summed E-state index contributed by atoms with van der Waals surface area (Å²) in [7, 11) is 0. The summed E-state index contributed by atoms with van der Waals surface area (Å²) in [5.41, 5.74) is 1.33. The Morgan fingerprint density at radius 3 is 2.59 bits per heavy atom. The predicted molar refractivity (Wildman–Crippen MR) is 109 cm³/mol. The summed E-state index contributed by atoms with van der Waals surface area (Å²) in [5, 5.41) is 5.61. The number of para-hydroxylation sites is 1. The number of nitrogens with one attached hydrogen (secondary N) is 2. The van der Waals surface area contributed by atoms with Crippen LogP contribution in [0, 0.1) is 0 Å². The second kappa shape index (κ2) is 9.82. The van der Waals surface area contributed by atoms with Crippen molar-refractivity contribution in [3.63, 3.8) is 0 Å². The number of carbonyl (C=O) groups is 2. The van der Waals surface area contributed by atoms with Crippen LogP contribution in [0.3, 0.4) is 0 Å². The molecule has 2 amide bonds. The van der Waals surface area contributed by atoms with E-state index in [9.17, 15) is 9.59 Å². The lowest BCUT2D eigenvalue weighted by atomic mass is 10.0. The highest BCUT2D eigenvalue weighted by Crippen LogP contribution is 2.33. The lowest BCUT2D eigenvalue weighted by molar-refractivity contribution is -0.120. The minimum atomic E-state index is -0.350. The van der Waals surface area contributed by atoms with Gasteiger partial charge >= 0.3 is 0 Å². The maximum Gasteiger partial charge on any atom is 0.255 e. The Balaban J connectivity index is 1.59. The summed E-state index contributed by atoms with van der Waals surface area (Å²) in [4.78, 5) is 24.8. The van der Waals surface area contributed by atoms with E-state index in [0.29, 0.717) is 49.1 Å². The molecule has 0 fully saturated rings. The molecule has 7 nitrogen and oxygen atoms in total. The van der Waals surface area contributed by atoms with Gasteiger partial charge in [0.25, 0.3) is 5.91 Å². The molecule has 0 aliphatic carbocycles. The smallest absolute Gasteiger partial charge is 0.255 e. The third-order valence-electron chi connectivity index (χ3n) is 4.55. The molecule has 1 aliphatic rings. The van der Waals surface area contributed by atoms with Gasteiger partial charge in [0.15, 0.2) is 11.5 Å². The third kappa shape index (κ3) is 5.19. The Morgan fingerprint density at radius 2 is 1.83 bits per heavy atom. The van der Waals surface area contributed by atoms with Crippen LogP contribution in [0.4, 0.5) is 0 Å². The Hall–Kier alpha value is -3.22. The first-order chi connectivity index (χ1) is 14.1. The van der Waals surface area contributed by atoms with Gasteiger partial charge in [-0.15, -0.1) is 0 Å². The van der Waals surface area contributed by atoms with Gasteiger partial charge in [-0.3, -0.25) is 9.59 Å². The van der Waals surface area contributed by atoms with Crippen molar-refractivity contribution in [1.29, 1.82) is 0 Å². The van der Waals surface area contributed by atoms with Crippen molar-refractivity contribution in [3.8, 4) is 17.2 Å². The van der Waals surface area contributed by atoms with Crippen molar-refractivity contribution in [1.82, 2.24) is 10.6 Å². The molecule has 2 aromatic rings. The third-order valence-corrected chi connectivity index (χ3v) is 4.55. The predicted octanol–water partition coefficient (Wildman–Crippen LogP) is 2.85. The first kappa shape index (κ1) is 20.5. The van der Waals surface area contributed by atoms with Crippen molar-refractivity contribution in [2.45, 2.75) is 26.3 Å². The van der Waals surface area contributed by atoms with Crippen molar-refractivity contribution in [2.24, 2.45) is 0 Å². The SMILES string of the molecule is CCOc1ccccc1C(=O)NCC(=O)N[C@H](CC)c1ccc2c(c1)OCCO2. The Morgan fingerprint density at radius 1 is 1.07 bits per heavy atom. The van der Waals surface area contributed by atoms with Gasteiger partial charge in [0.05, 0.1) is 24.8 Å². The minimum Gasteiger partial charge on any atom is -0.493 e. The minimum absolute atomic E-state index is 0.125. The highest BCUT2D eigenvalue weighted by atomic mass is 16.6. The molecular formula is C22H26N2O5. The Labute approximate surface area is 170 Å². The summed E-state index contributed by atoms with van der Waals surface area (Å²) in [6.07, 6.45) is 0.701. The molecule has 0 radical (unpaired) electrons. The Kier molecular flexibility index (Phi) is 6.94. The van der Waals surface area contributed by atoms with Crippen LogP contribution < -0.4 is 24.8 Å². The topological polar surface area (TPSA) is 85.9 Å². The highest BCUT2D eigenvalue weighted by molar-refractivity contribution is 5.98. The average molecular weight is 398 g/mol. The summed E-state index contributed by atoms with van der Waals surface area (Å²) in [6.45, 7) is 5.21. The molecule has 0 bridgehead atoms. The molecule has 1 heterocycles. The molecule has 29 heavy (non-hydrogen) atoms. The molecule has 0 aromatic heterocycles. The number of carbonyl (C=O) groups excluding carboxylic acids is 2. The molecular weight excluding hydrogens is 372 g/mol. The fourth-order valence-electron chi connectivity index (χ4n) is 3.13. The van der Waals surface area contributed by atoms with Crippen LogP contribution in [0.25, 0.3) is 0 Å². The average Bonchev–Trinajstić information content (AvgIpc) is 2.76. The zero-order valence-corrected chi connectivity index (χ0v) is 16.7. The first-order valence-corrected chi connectivity index (χ1v) is 9.81. The summed E-state index contributed by atoms with van der Waals surface area (Å²) in [5.74, 6) is 1.27. The van der Waals surface area contributed by atoms with Crippen LogP contribution in [-0.2, 0) is 4.79 Å². The van der Waals surface area contributed by atoms with E-state index in [1.165, 1.54) is 0 Å². The molecule has 1 aliphatic heterocycles. The molecule has 154 valence electrons. The van der Waals surface area contributed by atoms with Crippen LogP contribution >= 0.6 is 0 Å². The monoisotopic (exact) mass is 398 g/mol. The van der Waals surface area contributed by atoms with Gasteiger partial charge in [-0.05, 0) is 43.2 Å². The van der Waals surface area contributed by atoms with E-state index in [1.54, 1.807) is 24.3 Å². The molecule has 0 saturated carbocycles. The lowest BCUT2D eigenvalue weighted by Crippen LogP contribution is -2.38. The molecule has 2 N–H and O–H groups in total. The second-order valence-corrected chi connectivity index (χ2v) is 6.54. The van der Waals surface area contributed by atoms with Gasteiger partial charge in [0, 0.05) is 0 Å². The number of rotatable bonds is 8. The highest BCUT2D eigenvalue weighted by Gasteiger charge is 2.18. The summed E-state index contributed by atoms with van der Waals surface area (Å²) >= 11 is 0. The normalized spacial score (nSPS) is 13.3. The number of ether oxygens (including phenoxy) is 3. The second-order valence-electron chi connectivity index (χ2n) is 6.54. The quantitative estimate of drug-likeness (QED) is 0.714. The van der Waals surface area contributed by atoms with Gasteiger partial charge in [-0.2, -0.15) is 0 Å². The molecule has 2 aromatic carbocycles. The van der Waals surface area contributed by atoms with Gasteiger partial charge in [0.2, 0.25) is 5.91 Å². The Bertz CT molecular complexity index is 868. The zero-order chi connectivity index (χ0) is 20.6. The van der Waals surface area contributed by atoms with Crippen molar-refractivity contribution < 1.29 is 23.8 Å². The molecule has 0 spiro atoms. The molecule has 0 unspecified atom stereocenters. The van der Waals surface area contributed by atoms with Crippen molar-refractivity contribution in [2.75, 3.05) is 26.4 Å². The summed E-state index contributed by atoms with van der Waals surface area (Å²) in [6, 6.07) is 12.4. The number of hydrogen-bond donors (Lipinski definition) is 2. The van der Waals surface area contributed by atoms with E-state index < -0.39 is 0 Å². The number of hydrogen-bond acceptors (Lipinski definition) is 5. The number of fused-ring (bicyclic) bond motifs is 1. The van der Waals surface area contributed by atoms with Gasteiger partial charge < -0.3 is 24.8 Å². The van der Waals surface area contributed by atoms with Crippen LogP contribution in [0.15, 0.2) is 42.5 Å². The molecule has 7 heteroatoms.